The molecule has 0 aromatic carbocycles. The molecule has 7 nitrogen and oxygen atoms in total. The Morgan fingerprint density at radius 2 is 1.97 bits per heavy atom. The Kier molecular flexibility index (Phi) is 6.07. The molecule has 1 aliphatic carbocycles. The van der Waals surface area contributed by atoms with Gasteiger partial charge < -0.3 is 20.0 Å². The van der Waals surface area contributed by atoms with Crippen molar-refractivity contribution in [1.29, 1.82) is 5.26 Å². The van der Waals surface area contributed by atoms with E-state index in [1.54, 1.807) is 19.2 Å². The smallest absolute Gasteiger partial charge is 0.217 e. The van der Waals surface area contributed by atoms with Crippen molar-refractivity contribution in [1.82, 2.24) is 15.2 Å². The van der Waals surface area contributed by atoms with E-state index in [4.69, 9.17) is 9.68 Å². The largest absolute Gasteiger partial charge is 0.444 e. The SMILES string of the molecule is CC(=O)NC1CCN(C2CCC(Nc3ncc4oc(C#N)cc4c3Br)CC2)CC1. The number of halogens is 1. The summed E-state index contributed by atoms with van der Waals surface area (Å²) in [7, 11) is 0. The molecule has 1 aliphatic heterocycles. The summed E-state index contributed by atoms with van der Waals surface area (Å²) in [6, 6.07) is 5.14. The van der Waals surface area contributed by atoms with E-state index < -0.39 is 0 Å². The number of pyridine rings is 1. The summed E-state index contributed by atoms with van der Waals surface area (Å²) in [6.45, 7) is 3.74. The second-order valence-electron chi connectivity index (χ2n) is 8.08. The number of furan rings is 1. The van der Waals surface area contributed by atoms with Gasteiger partial charge in [-0.3, -0.25) is 4.79 Å². The third kappa shape index (κ3) is 4.57. The molecule has 8 heteroatoms. The van der Waals surface area contributed by atoms with Crippen LogP contribution in [-0.2, 0) is 4.79 Å². The Balaban J connectivity index is 1.30. The fourth-order valence-corrected chi connectivity index (χ4v) is 5.14. The molecular formula is C21H26BrN5O2. The number of nitriles is 1. The summed E-state index contributed by atoms with van der Waals surface area (Å²) in [4.78, 5) is 18.3. The predicted molar refractivity (Wildman–Crippen MR) is 115 cm³/mol. The lowest BCUT2D eigenvalue weighted by Crippen LogP contribution is -2.49. The number of aromatic nitrogens is 1. The molecule has 2 N–H and O–H groups in total. The number of hydrogen-bond donors (Lipinski definition) is 2. The first-order chi connectivity index (χ1) is 14.0. The Bertz CT molecular complexity index is 921. The van der Waals surface area contributed by atoms with E-state index in [2.05, 4.69) is 36.4 Å². The second kappa shape index (κ2) is 8.72. The highest BCUT2D eigenvalue weighted by molar-refractivity contribution is 9.10. The Morgan fingerprint density at radius 3 is 2.62 bits per heavy atom. The average molecular weight is 460 g/mol. The third-order valence-electron chi connectivity index (χ3n) is 6.12. The molecule has 154 valence electrons. The molecule has 2 aromatic heterocycles. The molecule has 2 aromatic rings. The van der Waals surface area contributed by atoms with Gasteiger partial charge in [-0.15, -0.1) is 0 Å². The molecule has 0 atom stereocenters. The van der Waals surface area contributed by atoms with Gasteiger partial charge in [0.05, 0.1) is 10.7 Å². The molecule has 3 heterocycles. The minimum absolute atomic E-state index is 0.0762. The van der Waals surface area contributed by atoms with Crippen LogP contribution in [0.25, 0.3) is 11.0 Å². The maximum absolute atomic E-state index is 11.2. The molecule has 1 saturated carbocycles. The van der Waals surface area contributed by atoms with Crippen molar-refractivity contribution in [3.8, 4) is 6.07 Å². The van der Waals surface area contributed by atoms with Crippen molar-refractivity contribution in [2.75, 3.05) is 18.4 Å². The molecule has 4 rings (SSSR count). The fraction of sp³-hybridized carbons (Fsp3) is 0.571. The summed E-state index contributed by atoms with van der Waals surface area (Å²) in [6.07, 6.45) is 8.33. The van der Waals surface area contributed by atoms with Crippen LogP contribution in [0.3, 0.4) is 0 Å². The minimum Gasteiger partial charge on any atom is -0.444 e. The molecule has 1 amide bonds. The molecule has 29 heavy (non-hydrogen) atoms. The van der Waals surface area contributed by atoms with Crippen LogP contribution in [0.4, 0.5) is 5.82 Å². The number of anilines is 1. The number of likely N-dealkylation sites (tertiary alicyclic amines) is 1. The minimum atomic E-state index is 0.0762. The van der Waals surface area contributed by atoms with Gasteiger partial charge in [0.1, 0.15) is 11.9 Å². The number of piperidine rings is 1. The van der Waals surface area contributed by atoms with Crippen LogP contribution >= 0.6 is 15.9 Å². The number of nitrogens with zero attached hydrogens (tertiary/aromatic N) is 3. The molecule has 0 bridgehead atoms. The van der Waals surface area contributed by atoms with E-state index in [0.29, 0.717) is 29.5 Å². The summed E-state index contributed by atoms with van der Waals surface area (Å²) in [5.74, 6) is 1.18. The lowest BCUT2D eigenvalue weighted by atomic mass is 9.88. The van der Waals surface area contributed by atoms with Gasteiger partial charge in [0.15, 0.2) is 5.58 Å². The first-order valence-electron chi connectivity index (χ1n) is 10.3. The number of fused-ring (bicyclic) bond motifs is 1. The van der Waals surface area contributed by atoms with Crippen LogP contribution in [0.2, 0.25) is 0 Å². The third-order valence-corrected chi connectivity index (χ3v) is 6.92. The quantitative estimate of drug-likeness (QED) is 0.721. The van der Waals surface area contributed by atoms with Gasteiger partial charge in [-0.2, -0.15) is 5.26 Å². The lowest BCUT2D eigenvalue weighted by Gasteiger charge is -2.41. The summed E-state index contributed by atoms with van der Waals surface area (Å²) in [5, 5.41) is 16.5. The van der Waals surface area contributed by atoms with Crippen LogP contribution in [-0.4, -0.2) is 47.0 Å². The van der Waals surface area contributed by atoms with Crippen molar-refractivity contribution in [3.05, 3.63) is 22.5 Å². The van der Waals surface area contributed by atoms with Crippen molar-refractivity contribution < 1.29 is 9.21 Å². The number of amides is 1. The summed E-state index contributed by atoms with van der Waals surface area (Å²) < 4.78 is 6.29. The molecule has 0 radical (unpaired) electrons. The highest BCUT2D eigenvalue weighted by atomic mass is 79.9. The molecular weight excluding hydrogens is 434 g/mol. The normalized spacial score (nSPS) is 23.6. The highest BCUT2D eigenvalue weighted by Crippen LogP contribution is 2.34. The van der Waals surface area contributed by atoms with E-state index in [0.717, 1.165) is 54.4 Å². The first kappa shape index (κ1) is 20.2. The van der Waals surface area contributed by atoms with Crippen LogP contribution in [0, 0.1) is 11.3 Å². The van der Waals surface area contributed by atoms with Crippen LogP contribution in [0.15, 0.2) is 21.2 Å². The number of nitrogens with one attached hydrogen (secondary N) is 2. The standard InChI is InChI=1S/C21H26BrN5O2/c1-13(28)25-15-6-8-27(9-7-15)16-4-2-14(3-5-16)26-21-20(22)18-10-17(11-23)29-19(18)12-24-21/h10,12,14-16H,2-9H2,1H3,(H,24,26)(H,25,28). The van der Waals surface area contributed by atoms with Gasteiger partial charge in [0, 0.05) is 49.6 Å². The van der Waals surface area contributed by atoms with E-state index in [9.17, 15) is 4.79 Å². The van der Waals surface area contributed by atoms with E-state index in [-0.39, 0.29) is 5.91 Å². The van der Waals surface area contributed by atoms with E-state index in [1.165, 1.54) is 12.8 Å². The van der Waals surface area contributed by atoms with Gasteiger partial charge in [0.25, 0.3) is 0 Å². The molecule has 2 aliphatic rings. The summed E-state index contributed by atoms with van der Waals surface area (Å²) >= 11 is 3.62. The zero-order valence-corrected chi connectivity index (χ0v) is 18.2. The number of rotatable bonds is 4. The Morgan fingerprint density at radius 1 is 1.24 bits per heavy atom. The van der Waals surface area contributed by atoms with Gasteiger partial charge in [-0.25, -0.2) is 4.98 Å². The maximum atomic E-state index is 11.2. The topological polar surface area (TPSA) is 94.2 Å². The van der Waals surface area contributed by atoms with Crippen molar-refractivity contribution in [2.45, 2.75) is 63.6 Å². The Labute approximate surface area is 179 Å². The highest BCUT2D eigenvalue weighted by Gasteiger charge is 2.29. The van der Waals surface area contributed by atoms with Crippen LogP contribution in [0.5, 0.6) is 0 Å². The summed E-state index contributed by atoms with van der Waals surface area (Å²) in [5.41, 5.74) is 0.616. The number of hydrogen-bond acceptors (Lipinski definition) is 6. The zero-order valence-electron chi connectivity index (χ0n) is 16.6. The van der Waals surface area contributed by atoms with Gasteiger partial charge >= 0.3 is 0 Å². The van der Waals surface area contributed by atoms with Gasteiger partial charge in [0.2, 0.25) is 11.7 Å². The van der Waals surface area contributed by atoms with Gasteiger partial charge in [-0.1, -0.05) is 0 Å². The van der Waals surface area contributed by atoms with Crippen LogP contribution < -0.4 is 10.6 Å². The van der Waals surface area contributed by atoms with Crippen molar-refractivity contribution in [2.24, 2.45) is 0 Å². The van der Waals surface area contributed by atoms with E-state index >= 15 is 0 Å². The van der Waals surface area contributed by atoms with Gasteiger partial charge in [-0.05, 0) is 54.5 Å². The second-order valence-corrected chi connectivity index (χ2v) is 8.87. The monoisotopic (exact) mass is 459 g/mol. The predicted octanol–water partition coefficient (Wildman–Crippen LogP) is 3.79. The first-order valence-corrected chi connectivity index (χ1v) is 11.1. The zero-order chi connectivity index (χ0) is 20.4. The van der Waals surface area contributed by atoms with Crippen molar-refractivity contribution in [3.63, 3.8) is 0 Å². The number of carbonyl (C=O) groups excluding carboxylic acids is 1. The fourth-order valence-electron chi connectivity index (χ4n) is 4.61. The Hall–Kier alpha value is -2.11. The average Bonchev–Trinajstić information content (AvgIpc) is 3.15. The van der Waals surface area contributed by atoms with Crippen LogP contribution in [0.1, 0.15) is 51.2 Å². The molecule has 0 unspecified atom stereocenters. The van der Waals surface area contributed by atoms with E-state index in [1.807, 2.05) is 6.07 Å². The maximum Gasteiger partial charge on any atom is 0.217 e. The van der Waals surface area contributed by atoms with Crippen molar-refractivity contribution >= 4 is 38.6 Å². The number of carbonyl (C=O) groups is 1. The lowest BCUT2D eigenvalue weighted by molar-refractivity contribution is -0.120. The molecule has 2 fully saturated rings. The molecule has 0 spiro atoms. The molecule has 1 saturated heterocycles.